The second-order valence-electron chi connectivity index (χ2n) is 2.37. The van der Waals surface area contributed by atoms with Gasteiger partial charge < -0.3 is 9.84 Å². The fourth-order valence-electron chi connectivity index (χ4n) is 0.829. The van der Waals surface area contributed by atoms with E-state index in [2.05, 4.69) is 9.84 Å². The van der Waals surface area contributed by atoms with Gasteiger partial charge in [0.1, 0.15) is 0 Å². The van der Waals surface area contributed by atoms with Crippen molar-refractivity contribution in [2.75, 3.05) is 7.11 Å². The molecule has 1 N–H and O–H groups in total. The molecule has 5 nitrogen and oxygen atoms in total. The largest absolute Gasteiger partial charge is 0.467 e. The summed E-state index contributed by atoms with van der Waals surface area (Å²) in [6.45, 7) is 0. The lowest BCUT2D eigenvalue weighted by Crippen LogP contribution is -2.12. The van der Waals surface area contributed by atoms with Crippen LogP contribution in [0.4, 0.5) is 0 Å². The maximum Gasteiger partial charge on any atom is 0.339 e. The van der Waals surface area contributed by atoms with Crippen LogP contribution < -0.4 is 0 Å². The molecule has 0 saturated heterocycles. The number of aliphatic hydroxyl groups is 1. The molecule has 0 aromatic carbocycles. The van der Waals surface area contributed by atoms with Crippen LogP contribution in [0.25, 0.3) is 0 Å². The lowest BCUT2D eigenvalue weighted by atomic mass is 10.2. The topological polar surface area (TPSA) is 64.3 Å². The third kappa shape index (κ3) is 1.62. The molecule has 0 aliphatic rings. The van der Waals surface area contributed by atoms with Gasteiger partial charge in [-0.1, -0.05) is 0 Å². The monoisotopic (exact) mass is 170 g/mol. The first-order chi connectivity index (χ1) is 5.65. The Morgan fingerprint density at radius 3 is 2.92 bits per heavy atom. The number of methoxy groups -OCH3 is 1. The molecule has 1 heterocycles. The second-order valence-corrected chi connectivity index (χ2v) is 2.37. The van der Waals surface area contributed by atoms with Crippen molar-refractivity contribution < 1.29 is 14.6 Å². The van der Waals surface area contributed by atoms with E-state index < -0.39 is 12.1 Å². The van der Waals surface area contributed by atoms with Gasteiger partial charge in [0.25, 0.3) is 0 Å². The van der Waals surface area contributed by atoms with Gasteiger partial charge in [0, 0.05) is 18.8 Å². The Bertz CT molecular complexity index is 282. The van der Waals surface area contributed by atoms with Gasteiger partial charge in [-0.3, -0.25) is 4.68 Å². The van der Waals surface area contributed by atoms with E-state index in [-0.39, 0.29) is 0 Å². The first kappa shape index (κ1) is 8.73. The molecular formula is C7H10N2O3. The number of nitrogens with zero attached hydrogens (tertiary/aromatic N) is 2. The van der Waals surface area contributed by atoms with Gasteiger partial charge in [-0.15, -0.1) is 0 Å². The molecule has 0 spiro atoms. The van der Waals surface area contributed by atoms with E-state index in [1.54, 1.807) is 13.2 Å². The summed E-state index contributed by atoms with van der Waals surface area (Å²) in [4.78, 5) is 10.8. The lowest BCUT2D eigenvalue weighted by molar-refractivity contribution is -0.150. The zero-order valence-corrected chi connectivity index (χ0v) is 6.89. The van der Waals surface area contributed by atoms with Crippen LogP contribution in [0.15, 0.2) is 12.4 Å². The van der Waals surface area contributed by atoms with Gasteiger partial charge in [0.2, 0.25) is 0 Å². The summed E-state index contributed by atoms with van der Waals surface area (Å²) < 4.78 is 5.85. The van der Waals surface area contributed by atoms with E-state index >= 15 is 0 Å². The Balaban J connectivity index is 2.77. The molecule has 12 heavy (non-hydrogen) atoms. The van der Waals surface area contributed by atoms with Crippen LogP contribution in [-0.2, 0) is 16.6 Å². The highest BCUT2D eigenvalue weighted by Crippen LogP contribution is 2.11. The molecule has 66 valence electrons. The van der Waals surface area contributed by atoms with Crippen LogP contribution in [0.2, 0.25) is 0 Å². The van der Waals surface area contributed by atoms with Crippen molar-refractivity contribution in [2.45, 2.75) is 6.10 Å². The highest BCUT2D eigenvalue weighted by Gasteiger charge is 2.18. The van der Waals surface area contributed by atoms with Crippen LogP contribution in [0, 0.1) is 0 Å². The Hall–Kier alpha value is -1.36. The number of hydrogen-bond acceptors (Lipinski definition) is 4. The number of carbonyl (C=O) groups is 1. The summed E-state index contributed by atoms with van der Waals surface area (Å²) in [7, 11) is 2.93. The Morgan fingerprint density at radius 1 is 1.83 bits per heavy atom. The summed E-state index contributed by atoms with van der Waals surface area (Å²) in [6, 6.07) is 0. The van der Waals surface area contributed by atoms with Gasteiger partial charge in [-0.05, 0) is 0 Å². The minimum absolute atomic E-state index is 0.435. The van der Waals surface area contributed by atoms with Gasteiger partial charge in [0.15, 0.2) is 6.10 Å². The summed E-state index contributed by atoms with van der Waals surface area (Å²) in [5.74, 6) is -0.678. The molecule has 1 rings (SSSR count). The van der Waals surface area contributed by atoms with E-state index in [1.807, 2.05) is 0 Å². The fourth-order valence-corrected chi connectivity index (χ4v) is 0.829. The minimum atomic E-state index is -1.23. The lowest BCUT2D eigenvalue weighted by Gasteiger charge is -2.03. The number of hydrogen-bond donors (Lipinski definition) is 1. The SMILES string of the molecule is COC(=O)C(O)c1cnn(C)c1. The van der Waals surface area contributed by atoms with E-state index in [0.29, 0.717) is 5.56 Å². The average Bonchev–Trinajstić information content (AvgIpc) is 2.49. The van der Waals surface area contributed by atoms with Crippen molar-refractivity contribution in [3.8, 4) is 0 Å². The number of aromatic nitrogens is 2. The quantitative estimate of drug-likeness (QED) is 0.615. The van der Waals surface area contributed by atoms with Gasteiger partial charge in [-0.25, -0.2) is 4.79 Å². The van der Waals surface area contributed by atoms with Crippen molar-refractivity contribution >= 4 is 5.97 Å². The zero-order valence-electron chi connectivity index (χ0n) is 6.89. The molecule has 5 heteroatoms. The van der Waals surface area contributed by atoms with Gasteiger partial charge in [-0.2, -0.15) is 5.10 Å². The molecular weight excluding hydrogens is 160 g/mol. The highest BCUT2D eigenvalue weighted by molar-refractivity contribution is 5.75. The van der Waals surface area contributed by atoms with Crippen LogP contribution in [0.5, 0.6) is 0 Å². The number of aliphatic hydroxyl groups excluding tert-OH is 1. The second kappa shape index (κ2) is 3.36. The molecule has 0 radical (unpaired) electrons. The summed E-state index contributed by atoms with van der Waals surface area (Å²) in [6.07, 6.45) is 1.74. The minimum Gasteiger partial charge on any atom is -0.467 e. The van der Waals surface area contributed by atoms with Crippen LogP contribution >= 0.6 is 0 Å². The molecule has 0 fully saturated rings. The summed E-state index contributed by atoms with van der Waals surface area (Å²) in [5, 5.41) is 13.1. The predicted molar refractivity (Wildman–Crippen MR) is 40.2 cm³/mol. The molecule has 0 aliphatic heterocycles. The third-order valence-electron chi connectivity index (χ3n) is 1.47. The molecule has 1 unspecified atom stereocenters. The fraction of sp³-hybridized carbons (Fsp3) is 0.429. The van der Waals surface area contributed by atoms with E-state index in [0.717, 1.165) is 0 Å². The molecule has 1 aromatic rings. The van der Waals surface area contributed by atoms with Crippen LogP contribution in [0.3, 0.4) is 0 Å². The Kier molecular flexibility index (Phi) is 2.44. The smallest absolute Gasteiger partial charge is 0.339 e. The van der Waals surface area contributed by atoms with Crippen LogP contribution in [-0.4, -0.2) is 28.0 Å². The number of rotatable bonds is 2. The van der Waals surface area contributed by atoms with E-state index in [1.165, 1.54) is 18.0 Å². The van der Waals surface area contributed by atoms with Crippen molar-refractivity contribution in [3.63, 3.8) is 0 Å². The number of ether oxygens (including phenoxy) is 1. The summed E-state index contributed by atoms with van der Waals surface area (Å²) in [5.41, 5.74) is 0.435. The van der Waals surface area contributed by atoms with Crippen molar-refractivity contribution in [2.24, 2.45) is 7.05 Å². The maximum atomic E-state index is 10.8. The normalized spacial score (nSPS) is 12.6. The van der Waals surface area contributed by atoms with Gasteiger partial charge in [0.05, 0.1) is 13.3 Å². The average molecular weight is 170 g/mol. The zero-order chi connectivity index (χ0) is 9.14. The number of esters is 1. The van der Waals surface area contributed by atoms with Crippen LogP contribution in [0.1, 0.15) is 11.7 Å². The molecule has 0 aliphatic carbocycles. The summed E-state index contributed by atoms with van der Waals surface area (Å²) >= 11 is 0. The molecule has 0 saturated carbocycles. The molecule has 0 bridgehead atoms. The van der Waals surface area contributed by atoms with Crippen molar-refractivity contribution in [1.82, 2.24) is 9.78 Å². The maximum absolute atomic E-state index is 10.8. The number of carbonyl (C=O) groups excluding carboxylic acids is 1. The van der Waals surface area contributed by atoms with Gasteiger partial charge >= 0.3 is 5.97 Å². The third-order valence-corrected chi connectivity index (χ3v) is 1.47. The molecule has 1 aromatic heterocycles. The van der Waals surface area contributed by atoms with Crippen molar-refractivity contribution in [1.29, 1.82) is 0 Å². The highest BCUT2D eigenvalue weighted by atomic mass is 16.5. The Morgan fingerprint density at radius 2 is 2.50 bits per heavy atom. The van der Waals surface area contributed by atoms with Crippen molar-refractivity contribution in [3.05, 3.63) is 18.0 Å². The van der Waals surface area contributed by atoms with E-state index in [9.17, 15) is 9.90 Å². The first-order valence-electron chi connectivity index (χ1n) is 3.39. The molecule has 0 amide bonds. The number of aryl methyl sites for hydroxylation is 1. The predicted octanol–water partition coefficient (Wildman–Crippen LogP) is -0.374. The standard InChI is InChI=1S/C7H10N2O3/c1-9-4-5(3-8-9)6(10)7(11)12-2/h3-4,6,10H,1-2H3. The first-order valence-corrected chi connectivity index (χ1v) is 3.39. The Labute approximate surface area is 69.6 Å². The molecule has 1 atom stereocenters. The van der Waals surface area contributed by atoms with E-state index in [4.69, 9.17) is 0 Å².